The summed E-state index contributed by atoms with van der Waals surface area (Å²) >= 11 is 0. The van der Waals surface area contributed by atoms with Crippen LogP contribution in [-0.2, 0) is 18.3 Å². The van der Waals surface area contributed by atoms with Gasteiger partial charge in [0.1, 0.15) is 0 Å². The third-order valence-corrected chi connectivity index (χ3v) is 7.79. The van der Waals surface area contributed by atoms with Gasteiger partial charge in [-0.25, -0.2) is 0 Å². The monoisotopic (exact) mass is 415 g/mol. The molecule has 2 bridgehead atoms. The Hall–Kier alpha value is -2.95. The van der Waals surface area contributed by atoms with E-state index in [0.717, 1.165) is 48.2 Å². The van der Waals surface area contributed by atoms with Crippen LogP contribution in [0.4, 0.5) is 5.69 Å². The van der Waals surface area contributed by atoms with Gasteiger partial charge in [-0.05, 0) is 71.2 Å². The third kappa shape index (κ3) is 3.01. The summed E-state index contributed by atoms with van der Waals surface area (Å²) in [5, 5.41) is 0. The maximum Gasteiger partial charge on any atom is 0.254 e. The number of benzene rings is 2. The zero-order chi connectivity index (χ0) is 21.9. The highest BCUT2D eigenvalue weighted by atomic mass is 16.2. The second kappa shape index (κ2) is 7.04. The van der Waals surface area contributed by atoms with Crippen molar-refractivity contribution in [2.24, 2.45) is 10.9 Å². The van der Waals surface area contributed by atoms with Crippen molar-refractivity contribution in [2.75, 3.05) is 20.6 Å². The normalized spacial score (nSPS) is 25.7. The average Bonchev–Trinajstić information content (AvgIpc) is 3.23. The molecule has 0 aromatic heterocycles. The van der Waals surface area contributed by atoms with Gasteiger partial charge in [0.25, 0.3) is 11.8 Å². The van der Waals surface area contributed by atoms with Crippen LogP contribution in [0, 0.1) is 5.92 Å². The number of amides is 2. The van der Waals surface area contributed by atoms with Crippen LogP contribution in [0.1, 0.15) is 57.7 Å². The topological polar surface area (TPSA) is 53.0 Å². The Labute approximate surface area is 183 Å². The first kappa shape index (κ1) is 20.0. The summed E-state index contributed by atoms with van der Waals surface area (Å²) in [5.41, 5.74) is 6.13. The zero-order valence-electron chi connectivity index (χ0n) is 18.7. The quantitative estimate of drug-likeness (QED) is 0.744. The Morgan fingerprint density at radius 1 is 1.10 bits per heavy atom. The zero-order valence-corrected chi connectivity index (χ0v) is 18.7. The van der Waals surface area contributed by atoms with Crippen molar-refractivity contribution in [3.63, 3.8) is 0 Å². The van der Waals surface area contributed by atoms with Gasteiger partial charge < -0.3 is 9.80 Å². The molecule has 5 heteroatoms. The van der Waals surface area contributed by atoms with E-state index in [9.17, 15) is 9.59 Å². The lowest BCUT2D eigenvalue weighted by Crippen LogP contribution is -2.59. The van der Waals surface area contributed by atoms with E-state index in [0.29, 0.717) is 5.92 Å². The van der Waals surface area contributed by atoms with E-state index in [1.165, 1.54) is 11.1 Å². The van der Waals surface area contributed by atoms with Crippen molar-refractivity contribution < 1.29 is 9.59 Å². The molecule has 2 aromatic carbocycles. The van der Waals surface area contributed by atoms with Crippen molar-refractivity contribution in [1.29, 1.82) is 0 Å². The summed E-state index contributed by atoms with van der Waals surface area (Å²) in [5.74, 6) is 0.478. The van der Waals surface area contributed by atoms with Gasteiger partial charge in [0.15, 0.2) is 0 Å². The van der Waals surface area contributed by atoms with Crippen LogP contribution in [0.25, 0.3) is 0 Å². The van der Waals surface area contributed by atoms with Crippen molar-refractivity contribution in [2.45, 2.75) is 44.6 Å². The highest BCUT2D eigenvalue weighted by molar-refractivity contribution is 5.96. The molecule has 160 valence electrons. The molecule has 2 heterocycles. The molecular weight excluding hydrogens is 386 g/mol. The predicted octanol–water partition coefficient (Wildman–Crippen LogP) is 4.01. The van der Waals surface area contributed by atoms with E-state index < -0.39 is 0 Å². The first-order valence-corrected chi connectivity index (χ1v) is 11.1. The Kier molecular flexibility index (Phi) is 4.54. The Bertz CT molecular complexity index is 1120. The summed E-state index contributed by atoms with van der Waals surface area (Å²) in [7, 11) is 3.58. The highest BCUT2D eigenvalue weighted by Crippen LogP contribution is 2.49. The summed E-state index contributed by atoms with van der Waals surface area (Å²) < 4.78 is 0. The number of fused-ring (bicyclic) bond motifs is 5. The first-order valence-electron chi connectivity index (χ1n) is 11.1. The molecule has 0 saturated carbocycles. The molecule has 0 spiro atoms. The van der Waals surface area contributed by atoms with Crippen molar-refractivity contribution >= 4 is 23.7 Å². The minimum Gasteiger partial charge on any atom is -0.345 e. The first-order chi connectivity index (χ1) is 14.8. The molecule has 2 aromatic rings. The maximum absolute atomic E-state index is 13.5. The number of hydrogen-bond donors (Lipinski definition) is 0. The van der Waals surface area contributed by atoms with Gasteiger partial charge in [-0.2, -0.15) is 0 Å². The highest BCUT2D eigenvalue weighted by Gasteiger charge is 2.49. The Morgan fingerprint density at radius 2 is 1.87 bits per heavy atom. The van der Waals surface area contributed by atoms with E-state index >= 15 is 0 Å². The number of hydrogen-bond acceptors (Lipinski definition) is 3. The van der Waals surface area contributed by atoms with Crippen molar-refractivity contribution in [3.05, 3.63) is 64.2 Å². The molecule has 1 aliphatic carbocycles. The Morgan fingerprint density at radius 3 is 2.65 bits per heavy atom. The lowest BCUT2D eigenvalue weighted by molar-refractivity contribution is 0.0250. The standard InChI is InChI=1S/C26H29N3O2/c1-16-23-15-17-5-6-20(24(30)28(3)4)14-21(17)26(16,2)10-12-29(23)25(31)19-7-8-22-18(13-19)9-11-27-22/h5-8,11,13-14,16,23H,9-10,12,15H2,1-4H3/t16-,23-,26-/m1/s1. The molecule has 0 N–H and O–H groups in total. The Balaban J connectivity index is 1.47. The van der Waals surface area contributed by atoms with E-state index in [1.807, 2.05) is 30.5 Å². The van der Waals surface area contributed by atoms with Crippen LogP contribution < -0.4 is 0 Å². The third-order valence-electron chi connectivity index (χ3n) is 7.79. The SMILES string of the molecule is C[C@@H]1[C@H]2Cc3ccc(C(=O)N(C)C)cc3[C@]1(C)CCN2C(=O)c1ccc2c(c1)CC=N2. The summed E-state index contributed by atoms with van der Waals surface area (Å²) in [4.78, 5) is 34.1. The molecular formula is C26H29N3O2. The fourth-order valence-corrected chi connectivity index (χ4v) is 5.68. The molecule has 2 aliphatic heterocycles. The van der Waals surface area contributed by atoms with Gasteiger partial charge in [0.2, 0.25) is 0 Å². The summed E-state index contributed by atoms with van der Waals surface area (Å²) in [6, 6.07) is 12.2. The molecule has 2 amide bonds. The van der Waals surface area contributed by atoms with Gasteiger partial charge in [-0.1, -0.05) is 19.9 Å². The number of nitrogens with zero attached hydrogens (tertiary/aromatic N) is 3. The van der Waals surface area contributed by atoms with Crippen LogP contribution in [-0.4, -0.2) is 54.5 Å². The van der Waals surface area contributed by atoms with Gasteiger partial charge in [0.05, 0.1) is 5.69 Å². The molecule has 0 radical (unpaired) electrons. The van der Waals surface area contributed by atoms with Gasteiger partial charge in [-0.3, -0.25) is 14.6 Å². The number of carbonyl (C=O) groups excluding carboxylic acids is 2. The number of piperidine rings is 1. The van der Waals surface area contributed by atoms with Crippen LogP contribution >= 0.6 is 0 Å². The minimum absolute atomic E-state index is 0.0365. The van der Waals surface area contributed by atoms with Gasteiger partial charge in [0, 0.05) is 50.4 Å². The van der Waals surface area contributed by atoms with E-state index in [2.05, 4.69) is 35.9 Å². The second-order valence-electron chi connectivity index (χ2n) is 9.66. The predicted molar refractivity (Wildman–Crippen MR) is 122 cm³/mol. The van der Waals surface area contributed by atoms with Crippen LogP contribution in [0.15, 0.2) is 41.4 Å². The minimum atomic E-state index is -0.0383. The van der Waals surface area contributed by atoms with E-state index in [-0.39, 0.29) is 23.3 Å². The molecule has 1 saturated heterocycles. The molecule has 3 atom stereocenters. The lowest BCUT2D eigenvalue weighted by Gasteiger charge is -2.54. The van der Waals surface area contributed by atoms with Crippen LogP contribution in [0.5, 0.6) is 0 Å². The molecule has 31 heavy (non-hydrogen) atoms. The second-order valence-corrected chi connectivity index (χ2v) is 9.66. The van der Waals surface area contributed by atoms with Crippen LogP contribution in [0.3, 0.4) is 0 Å². The smallest absolute Gasteiger partial charge is 0.254 e. The van der Waals surface area contributed by atoms with Gasteiger partial charge in [-0.15, -0.1) is 0 Å². The van der Waals surface area contributed by atoms with Crippen molar-refractivity contribution in [3.8, 4) is 0 Å². The average molecular weight is 416 g/mol. The molecule has 1 fully saturated rings. The van der Waals surface area contributed by atoms with E-state index in [4.69, 9.17) is 0 Å². The van der Waals surface area contributed by atoms with Gasteiger partial charge >= 0.3 is 0 Å². The number of rotatable bonds is 2. The lowest BCUT2D eigenvalue weighted by atomic mass is 9.58. The number of carbonyl (C=O) groups is 2. The fraction of sp³-hybridized carbons (Fsp3) is 0.423. The molecule has 5 rings (SSSR count). The molecule has 3 aliphatic rings. The van der Waals surface area contributed by atoms with E-state index in [1.54, 1.807) is 19.0 Å². The number of aliphatic imine (C=N–C) groups is 1. The summed E-state index contributed by atoms with van der Waals surface area (Å²) in [6.45, 7) is 5.31. The molecule has 0 unspecified atom stereocenters. The number of likely N-dealkylation sites (tertiary alicyclic amines) is 1. The van der Waals surface area contributed by atoms with Crippen molar-refractivity contribution in [1.82, 2.24) is 9.80 Å². The maximum atomic E-state index is 13.5. The fourth-order valence-electron chi connectivity index (χ4n) is 5.68. The molecule has 5 nitrogen and oxygen atoms in total. The van der Waals surface area contributed by atoms with Crippen LogP contribution in [0.2, 0.25) is 0 Å². The largest absolute Gasteiger partial charge is 0.345 e. The summed E-state index contributed by atoms with van der Waals surface area (Å²) in [6.07, 6.45) is 4.44.